The van der Waals surface area contributed by atoms with E-state index in [0.29, 0.717) is 12.2 Å². The molecule has 0 bridgehead atoms. The molecule has 1 atom stereocenters. The van der Waals surface area contributed by atoms with Gasteiger partial charge in [-0.1, -0.05) is 24.3 Å². The van der Waals surface area contributed by atoms with Crippen LogP contribution in [0.5, 0.6) is 5.75 Å². The van der Waals surface area contributed by atoms with Gasteiger partial charge in [0.25, 0.3) is 0 Å². The molecule has 2 rings (SSSR count). The number of nitrogens with one attached hydrogen (secondary N) is 2. The van der Waals surface area contributed by atoms with Gasteiger partial charge >= 0.3 is 0 Å². The average molecular weight is 315 g/mol. The molecule has 0 fully saturated rings. The molecule has 1 amide bonds. The van der Waals surface area contributed by atoms with Crippen LogP contribution < -0.4 is 15.8 Å². The van der Waals surface area contributed by atoms with Crippen molar-refractivity contribution in [2.75, 3.05) is 7.11 Å². The second kappa shape index (κ2) is 7.40. The minimum absolute atomic E-state index is 0.331. The normalized spacial score (nSPS) is 11.6. The van der Waals surface area contributed by atoms with Crippen LogP contribution in [0.1, 0.15) is 17.0 Å². The average Bonchev–Trinajstić information content (AvgIpc) is 2.54. The molecule has 0 radical (unpaired) electrons. The summed E-state index contributed by atoms with van der Waals surface area (Å²) in [5.74, 6) is -0.987. The van der Waals surface area contributed by atoms with Gasteiger partial charge in [-0.25, -0.2) is 4.39 Å². The van der Waals surface area contributed by atoms with E-state index in [1.807, 2.05) is 0 Å². The van der Waals surface area contributed by atoms with E-state index < -0.39 is 11.9 Å². The topological polar surface area (TPSA) is 88.2 Å². The van der Waals surface area contributed by atoms with Crippen LogP contribution >= 0.6 is 0 Å². The summed E-state index contributed by atoms with van der Waals surface area (Å²) >= 11 is 0. The van der Waals surface area contributed by atoms with Gasteiger partial charge in [0.15, 0.2) is 5.96 Å². The molecule has 0 unspecified atom stereocenters. The highest BCUT2D eigenvalue weighted by atomic mass is 19.1. The highest BCUT2D eigenvalue weighted by Crippen LogP contribution is 2.24. The first-order chi connectivity index (χ1) is 11.0. The molecule has 23 heavy (non-hydrogen) atoms. The predicted octanol–water partition coefficient (Wildman–Crippen LogP) is 2.17. The number of amides is 1. The van der Waals surface area contributed by atoms with Crippen LogP contribution in [0.4, 0.5) is 4.39 Å². The summed E-state index contributed by atoms with van der Waals surface area (Å²) in [6, 6.07) is 13.0. The molecule has 0 aromatic heterocycles. The van der Waals surface area contributed by atoms with Crippen molar-refractivity contribution in [1.29, 1.82) is 5.41 Å². The summed E-state index contributed by atoms with van der Waals surface area (Å²) in [6.07, 6.45) is 0.367. The Morgan fingerprint density at radius 1 is 1.22 bits per heavy atom. The molecular formula is C17H18FN3O2. The summed E-state index contributed by atoms with van der Waals surface area (Å²) < 4.78 is 18.1. The molecule has 0 aliphatic carbocycles. The number of rotatable bonds is 5. The maximum atomic E-state index is 13.0. The third kappa shape index (κ3) is 4.54. The summed E-state index contributed by atoms with van der Waals surface area (Å²) in [7, 11) is 1.56. The number of benzene rings is 2. The zero-order chi connectivity index (χ0) is 16.8. The van der Waals surface area contributed by atoms with E-state index in [9.17, 15) is 9.18 Å². The smallest absolute Gasteiger partial charge is 0.234 e. The Balaban J connectivity index is 2.28. The van der Waals surface area contributed by atoms with Crippen LogP contribution in [0.15, 0.2) is 48.5 Å². The maximum Gasteiger partial charge on any atom is 0.234 e. The monoisotopic (exact) mass is 315 g/mol. The Morgan fingerprint density at radius 2 is 1.83 bits per heavy atom. The highest BCUT2D eigenvalue weighted by Gasteiger charge is 2.21. The third-order valence-electron chi connectivity index (χ3n) is 3.45. The second-order valence-corrected chi connectivity index (χ2v) is 5.06. The van der Waals surface area contributed by atoms with Crippen LogP contribution in [0.2, 0.25) is 0 Å². The molecular weight excluding hydrogens is 297 g/mol. The molecule has 0 heterocycles. The van der Waals surface area contributed by atoms with Crippen molar-refractivity contribution in [3.05, 3.63) is 65.5 Å². The standard InChI is InChI=1S/C17H18FN3O2/c1-23-14-8-4-12(5-9-14)15(16(22)21-17(19)20)10-11-2-6-13(18)7-3-11/h2-9,15H,10H2,1H3,(H4,19,20,21,22)/t15-/m1/s1. The second-order valence-electron chi connectivity index (χ2n) is 5.06. The minimum atomic E-state index is -0.546. The lowest BCUT2D eigenvalue weighted by molar-refractivity contribution is -0.121. The van der Waals surface area contributed by atoms with E-state index >= 15 is 0 Å². The zero-order valence-corrected chi connectivity index (χ0v) is 12.7. The lowest BCUT2D eigenvalue weighted by atomic mass is 9.91. The van der Waals surface area contributed by atoms with Crippen LogP contribution in [-0.2, 0) is 11.2 Å². The third-order valence-corrected chi connectivity index (χ3v) is 3.45. The van der Waals surface area contributed by atoms with Gasteiger partial charge in [0.1, 0.15) is 11.6 Å². The molecule has 2 aromatic carbocycles. The lowest BCUT2D eigenvalue weighted by Crippen LogP contribution is -2.39. The molecule has 4 N–H and O–H groups in total. The Labute approximate surface area is 133 Å². The number of ether oxygens (including phenoxy) is 1. The number of guanidine groups is 1. The van der Waals surface area contributed by atoms with Crippen molar-refractivity contribution in [2.24, 2.45) is 5.73 Å². The van der Waals surface area contributed by atoms with Crippen LogP contribution in [0.25, 0.3) is 0 Å². The fourth-order valence-corrected chi connectivity index (χ4v) is 2.27. The zero-order valence-electron chi connectivity index (χ0n) is 12.7. The van der Waals surface area contributed by atoms with Gasteiger partial charge in [0.2, 0.25) is 5.91 Å². The molecule has 6 heteroatoms. The summed E-state index contributed by atoms with van der Waals surface area (Å²) in [6.45, 7) is 0. The molecule has 2 aromatic rings. The summed E-state index contributed by atoms with van der Waals surface area (Å²) in [5, 5.41) is 9.55. The Kier molecular flexibility index (Phi) is 5.30. The van der Waals surface area contributed by atoms with Crippen molar-refractivity contribution < 1.29 is 13.9 Å². The number of carbonyl (C=O) groups is 1. The number of methoxy groups -OCH3 is 1. The van der Waals surface area contributed by atoms with Crippen molar-refractivity contribution in [3.8, 4) is 5.75 Å². The van der Waals surface area contributed by atoms with E-state index in [2.05, 4.69) is 5.32 Å². The van der Waals surface area contributed by atoms with Gasteiger partial charge in [0, 0.05) is 0 Å². The van der Waals surface area contributed by atoms with Crippen molar-refractivity contribution in [1.82, 2.24) is 5.32 Å². The number of halogens is 1. The SMILES string of the molecule is COc1ccc([C@@H](Cc2ccc(F)cc2)C(=O)NC(=N)N)cc1. The van der Waals surface area contributed by atoms with Gasteiger partial charge in [-0.15, -0.1) is 0 Å². The highest BCUT2D eigenvalue weighted by molar-refractivity contribution is 5.98. The first kappa shape index (κ1) is 16.5. The number of hydrogen-bond acceptors (Lipinski definition) is 3. The van der Waals surface area contributed by atoms with E-state index in [-0.39, 0.29) is 11.7 Å². The van der Waals surface area contributed by atoms with Crippen molar-refractivity contribution in [2.45, 2.75) is 12.3 Å². The lowest BCUT2D eigenvalue weighted by Gasteiger charge is -2.17. The van der Waals surface area contributed by atoms with E-state index in [1.54, 1.807) is 43.5 Å². The molecule has 0 spiro atoms. The van der Waals surface area contributed by atoms with Crippen LogP contribution in [0.3, 0.4) is 0 Å². The first-order valence-corrected chi connectivity index (χ1v) is 7.03. The number of nitrogens with two attached hydrogens (primary N) is 1. The minimum Gasteiger partial charge on any atom is -0.497 e. The molecule has 120 valence electrons. The Bertz CT molecular complexity index is 684. The van der Waals surface area contributed by atoms with Crippen LogP contribution in [0, 0.1) is 11.2 Å². The largest absolute Gasteiger partial charge is 0.497 e. The first-order valence-electron chi connectivity index (χ1n) is 7.03. The van der Waals surface area contributed by atoms with Gasteiger partial charge in [0.05, 0.1) is 13.0 Å². The molecule has 0 aliphatic rings. The van der Waals surface area contributed by atoms with Crippen molar-refractivity contribution in [3.63, 3.8) is 0 Å². The molecule has 0 aliphatic heterocycles. The van der Waals surface area contributed by atoms with Gasteiger partial charge in [-0.2, -0.15) is 0 Å². The van der Waals surface area contributed by atoms with E-state index in [4.69, 9.17) is 15.9 Å². The van der Waals surface area contributed by atoms with E-state index in [1.165, 1.54) is 12.1 Å². The fourth-order valence-electron chi connectivity index (χ4n) is 2.27. The Morgan fingerprint density at radius 3 is 2.35 bits per heavy atom. The summed E-state index contributed by atoms with van der Waals surface area (Å²) in [4.78, 5) is 12.3. The van der Waals surface area contributed by atoms with Gasteiger partial charge in [-0.05, 0) is 41.8 Å². The van der Waals surface area contributed by atoms with Crippen molar-refractivity contribution >= 4 is 11.9 Å². The quantitative estimate of drug-likeness (QED) is 0.583. The van der Waals surface area contributed by atoms with Crippen LogP contribution in [-0.4, -0.2) is 19.0 Å². The maximum absolute atomic E-state index is 13.0. The fraction of sp³-hybridized carbons (Fsp3) is 0.176. The van der Waals surface area contributed by atoms with Gasteiger partial charge < -0.3 is 10.5 Å². The van der Waals surface area contributed by atoms with E-state index in [0.717, 1.165) is 11.1 Å². The molecule has 5 nitrogen and oxygen atoms in total. The van der Waals surface area contributed by atoms with Gasteiger partial charge in [-0.3, -0.25) is 15.5 Å². The molecule has 0 saturated heterocycles. The predicted molar refractivity (Wildman–Crippen MR) is 85.9 cm³/mol. The molecule has 0 saturated carbocycles. The summed E-state index contributed by atoms with van der Waals surface area (Å²) in [5.41, 5.74) is 6.82. The Hall–Kier alpha value is -2.89. The number of carbonyl (C=O) groups excluding carboxylic acids is 1. The number of hydrogen-bond donors (Lipinski definition) is 3.